The van der Waals surface area contributed by atoms with Gasteiger partial charge in [-0.3, -0.25) is 4.68 Å². The summed E-state index contributed by atoms with van der Waals surface area (Å²) in [4.78, 5) is 4.16. The van der Waals surface area contributed by atoms with Gasteiger partial charge in [0.15, 0.2) is 0 Å². The van der Waals surface area contributed by atoms with Crippen LogP contribution in [-0.4, -0.2) is 38.2 Å². The molecule has 0 aliphatic rings. The number of aliphatic hydroxyl groups is 2. The molecule has 0 bridgehead atoms. The van der Waals surface area contributed by atoms with Crippen molar-refractivity contribution in [2.75, 3.05) is 13.2 Å². The van der Waals surface area contributed by atoms with Gasteiger partial charge in [-0.15, -0.1) is 0 Å². The lowest BCUT2D eigenvalue weighted by atomic mass is 9.78. The molecule has 0 amide bonds. The molecule has 2 rings (SSSR count). The molecule has 0 saturated heterocycles. The number of aliphatic hydroxyl groups excluding tert-OH is 2. The number of nitrogens with zero attached hydrogens (tertiary/aromatic N) is 3. The average Bonchev–Trinajstić information content (AvgIpc) is 2.81. The molecule has 0 spiro atoms. The molecule has 19 heavy (non-hydrogen) atoms. The molecule has 2 aromatic rings. The topological polar surface area (TPSA) is 71.2 Å². The maximum absolute atomic E-state index is 9.78. The van der Waals surface area contributed by atoms with Crippen LogP contribution in [0.5, 0.6) is 0 Å². The standard InChI is InChI=1S/C13H16BrN3O2/c1-17-12(15-9-16-17)6-13(7-18,8-19)10-3-2-4-11(14)5-10/h2-5,9,18-19H,6-8H2,1H3. The molecule has 0 aliphatic carbocycles. The highest BCUT2D eigenvalue weighted by molar-refractivity contribution is 9.10. The summed E-state index contributed by atoms with van der Waals surface area (Å²) in [7, 11) is 1.79. The third kappa shape index (κ3) is 2.86. The van der Waals surface area contributed by atoms with E-state index < -0.39 is 5.41 Å². The van der Waals surface area contributed by atoms with Gasteiger partial charge < -0.3 is 10.2 Å². The molecule has 102 valence electrons. The molecule has 0 aliphatic heterocycles. The van der Waals surface area contributed by atoms with E-state index >= 15 is 0 Å². The Labute approximate surface area is 120 Å². The van der Waals surface area contributed by atoms with E-state index in [1.165, 1.54) is 6.33 Å². The van der Waals surface area contributed by atoms with E-state index in [4.69, 9.17) is 0 Å². The van der Waals surface area contributed by atoms with Crippen molar-refractivity contribution >= 4 is 15.9 Å². The van der Waals surface area contributed by atoms with Crippen molar-refractivity contribution in [3.63, 3.8) is 0 Å². The summed E-state index contributed by atoms with van der Waals surface area (Å²) in [5.41, 5.74) is 0.111. The van der Waals surface area contributed by atoms with E-state index in [2.05, 4.69) is 26.0 Å². The fourth-order valence-electron chi connectivity index (χ4n) is 2.05. The van der Waals surface area contributed by atoms with E-state index in [9.17, 15) is 10.2 Å². The Morgan fingerprint density at radius 2 is 2.05 bits per heavy atom. The summed E-state index contributed by atoms with van der Waals surface area (Å²) in [6, 6.07) is 7.60. The van der Waals surface area contributed by atoms with E-state index in [-0.39, 0.29) is 13.2 Å². The molecule has 2 N–H and O–H groups in total. The van der Waals surface area contributed by atoms with Crippen LogP contribution in [0.25, 0.3) is 0 Å². The fourth-order valence-corrected chi connectivity index (χ4v) is 2.45. The molecule has 1 heterocycles. The van der Waals surface area contributed by atoms with Gasteiger partial charge in [-0.2, -0.15) is 5.10 Å². The number of halogens is 1. The second-order valence-electron chi connectivity index (χ2n) is 4.58. The highest BCUT2D eigenvalue weighted by atomic mass is 79.9. The quantitative estimate of drug-likeness (QED) is 0.861. The lowest BCUT2D eigenvalue weighted by molar-refractivity contribution is 0.114. The minimum atomic E-state index is -0.759. The summed E-state index contributed by atoms with van der Waals surface area (Å²) in [5, 5.41) is 23.6. The zero-order valence-corrected chi connectivity index (χ0v) is 12.2. The predicted molar refractivity (Wildman–Crippen MR) is 74.7 cm³/mol. The number of rotatable bonds is 5. The summed E-state index contributed by atoms with van der Waals surface area (Å²) in [6.45, 7) is -0.320. The molecule has 0 unspecified atom stereocenters. The maximum atomic E-state index is 9.78. The first-order valence-electron chi connectivity index (χ1n) is 5.92. The van der Waals surface area contributed by atoms with Crippen LogP contribution in [0.2, 0.25) is 0 Å². The van der Waals surface area contributed by atoms with E-state index in [1.807, 2.05) is 24.3 Å². The second kappa shape index (κ2) is 5.81. The van der Waals surface area contributed by atoms with Crippen LogP contribution in [0.1, 0.15) is 11.4 Å². The van der Waals surface area contributed by atoms with Crippen LogP contribution in [0, 0.1) is 0 Å². The molecular formula is C13H16BrN3O2. The summed E-state index contributed by atoms with van der Waals surface area (Å²) < 4.78 is 2.56. The minimum Gasteiger partial charge on any atom is -0.395 e. The molecule has 0 atom stereocenters. The second-order valence-corrected chi connectivity index (χ2v) is 5.50. The monoisotopic (exact) mass is 325 g/mol. The molecule has 1 aromatic carbocycles. The van der Waals surface area contributed by atoms with Gasteiger partial charge >= 0.3 is 0 Å². The van der Waals surface area contributed by atoms with Crippen LogP contribution >= 0.6 is 15.9 Å². The van der Waals surface area contributed by atoms with Crippen molar-refractivity contribution in [3.05, 3.63) is 46.5 Å². The molecule has 5 nitrogen and oxygen atoms in total. The van der Waals surface area contributed by atoms with Crippen molar-refractivity contribution < 1.29 is 10.2 Å². The van der Waals surface area contributed by atoms with Crippen molar-refractivity contribution in [2.24, 2.45) is 7.05 Å². The molecular weight excluding hydrogens is 310 g/mol. The number of hydrogen-bond donors (Lipinski definition) is 2. The number of hydrogen-bond acceptors (Lipinski definition) is 4. The number of aromatic nitrogens is 3. The van der Waals surface area contributed by atoms with Crippen LogP contribution in [0.4, 0.5) is 0 Å². The van der Waals surface area contributed by atoms with Gasteiger partial charge in [-0.1, -0.05) is 28.1 Å². The van der Waals surface area contributed by atoms with Crippen molar-refractivity contribution in [1.82, 2.24) is 14.8 Å². The number of benzene rings is 1. The van der Waals surface area contributed by atoms with Crippen LogP contribution in [-0.2, 0) is 18.9 Å². The average molecular weight is 326 g/mol. The third-order valence-corrected chi connectivity index (χ3v) is 3.84. The zero-order chi connectivity index (χ0) is 13.9. The van der Waals surface area contributed by atoms with Gasteiger partial charge in [-0.25, -0.2) is 4.98 Å². The Balaban J connectivity index is 2.40. The molecule has 0 saturated carbocycles. The van der Waals surface area contributed by atoms with Crippen molar-refractivity contribution in [1.29, 1.82) is 0 Å². The SMILES string of the molecule is Cn1ncnc1CC(CO)(CO)c1cccc(Br)c1. The smallest absolute Gasteiger partial charge is 0.138 e. The summed E-state index contributed by atoms with van der Waals surface area (Å²) in [6.07, 6.45) is 1.89. The Bertz CT molecular complexity index is 552. The highest BCUT2D eigenvalue weighted by Gasteiger charge is 2.33. The largest absolute Gasteiger partial charge is 0.395 e. The number of aryl methyl sites for hydroxylation is 1. The maximum Gasteiger partial charge on any atom is 0.138 e. The first-order valence-corrected chi connectivity index (χ1v) is 6.71. The van der Waals surface area contributed by atoms with Gasteiger partial charge in [0, 0.05) is 23.4 Å². The lowest BCUT2D eigenvalue weighted by Crippen LogP contribution is -2.38. The van der Waals surface area contributed by atoms with Crippen LogP contribution in [0.15, 0.2) is 35.1 Å². The first-order chi connectivity index (χ1) is 9.11. The Morgan fingerprint density at radius 1 is 1.32 bits per heavy atom. The Hall–Kier alpha value is -1.24. The Kier molecular flexibility index (Phi) is 4.34. The predicted octanol–water partition coefficient (Wildman–Crippen LogP) is 1.04. The zero-order valence-electron chi connectivity index (χ0n) is 10.6. The third-order valence-electron chi connectivity index (χ3n) is 3.34. The Morgan fingerprint density at radius 3 is 2.58 bits per heavy atom. The first kappa shape index (κ1) is 14.2. The van der Waals surface area contributed by atoms with Crippen molar-refractivity contribution in [2.45, 2.75) is 11.8 Å². The molecule has 1 aromatic heterocycles. The normalized spacial score (nSPS) is 11.8. The highest BCUT2D eigenvalue weighted by Crippen LogP contribution is 2.29. The lowest BCUT2D eigenvalue weighted by Gasteiger charge is -2.30. The van der Waals surface area contributed by atoms with E-state index in [0.29, 0.717) is 6.42 Å². The molecule has 0 radical (unpaired) electrons. The van der Waals surface area contributed by atoms with E-state index in [0.717, 1.165) is 15.9 Å². The van der Waals surface area contributed by atoms with Gasteiger partial charge in [0.25, 0.3) is 0 Å². The minimum absolute atomic E-state index is 0.160. The fraction of sp³-hybridized carbons (Fsp3) is 0.385. The molecule has 6 heteroatoms. The van der Waals surface area contributed by atoms with E-state index in [1.54, 1.807) is 11.7 Å². The van der Waals surface area contributed by atoms with Crippen LogP contribution in [0.3, 0.4) is 0 Å². The van der Waals surface area contributed by atoms with Crippen LogP contribution < -0.4 is 0 Å². The van der Waals surface area contributed by atoms with Gasteiger partial charge in [0.1, 0.15) is 12.2 Å². The van der Waals surface area contributed by atoms with Gasteiger partial charge in [-0.05, 0) is 17.7 Å². The van der Waals surface area contributed by atoms with Gasteiger partial charge in [0.2, 0.25) is 0 Å². The summed E-state index contributed by atoms with van der Waals surface area (Å²) in [5.74, 6) is 0.725. The summed E-state index contributed by atoms with van der Waals surface area (Å²) >= 11 is 3.41. The molecule has 0 fully saturated rings. The van der Waals surface area contributed by atoms with Gasteiger partial charge in [0.05, 0.1) is 13.2 Å². The van der Waals surface area contributed by atoms with Crippen molar-refractivity contribution in [3.8, 4) is 0 Å².